The molecule has 0 aromatic heterocycles. The quantitative estimate of drug-likeness (QED) is 0.450. The van der Waals surface area contributed by atoms with E-state index in [-0.39, 0.29) is 0 Å². The van der Waals surface area contributed by atoms with E-state index in [4.69, 9.17) is 34.0 Å². The molecule has 0 aliphatic heterocycles. The number of carboxylic acids is 1. The molecule has 0 aliphatic carbocycles. The Kier molecular flexibility index (Phi) is 14.0. The standard InChI is InChI=1S/C15H28N2O3Si.C2H4O3/c1-18-21(19-2,20-3)13-7-11-17(12-10-16)14-15-8-5-4-6-9-15;3-1-2(4)5/h4-6,8-9H,7,10-14,16H2,1-3H3;3H,1H2,(H,4,5). The number of aliphatic hydroxyl groups excluding tert-OH is 1. The lowest BCUT2D eigenvalue weighted by molar-refractivity contribution is -0.140. The molecule has 0 fully saturated rings. The minimum atomic E-state index is -2.46. The third-order valence-electron chi connectivity index (χ3n) is 3.72. The Labute approximate surface area is 156 Å². The van der Waals surface area contributed by atoms with E-state index < -0.39 is 21.4 Å². The number of rotatable bonds is 12. The first-order valence-corrected chi connectivity index (χ1v) is 10.3. The largest absolute Gasteiger partial charge is 0.500 e. The first-order valence-electron chi connectivity index (χ1n) is 8.41. The van der Waals surface area contributed by atoms with Gasteiger partial charge in [0, 0.05) is 47.0 Å². The van der Waals surface area contributed by atoms with Gasteiger partial charge in [-0.2, -0.15) is 0 Å². The molecule has 1 aromatic rings. The van der Waals surface area contributed by atoms with Crippen molar-refractivity contribution in [3.8, 4) is 0 Å². The van der Waals surface area contributed by atoms with Gasteiger partial charge in [-0.1, -0.05) is 30.3 Å². The van der Waals surface area contributed by atoms with E-state index in [1.54, 1.807) is 21.3 Å². The van der Waals surface area contributed by atoms with Crippen molar-refractivity contribution >= 4 is 14.8 Å². The number of aliphatic hydroxyl groups is 1. The molecule has 150 valence electrons. The van der Waals surface area contributed by atoms with Crippen LogP contribution in [-0.4, -0.2) is 77.5 Å². The molecular weight excluding hydrogens is 356 g/mol. The zero-order chi connectivity index (χ0) is 19.8. The van der Waals surface area contributed by atoms with Gasteiger partial charge in [0.2, 0.25) is 0 Å². The Morgan fingerprint density at radius 1 is 1.12 bits per heavy atom. The lowest BCUT2D eigenvalue weighted by Gasteiger charge is -2.26. The summed E-state index contributed by atoms with van der Waals surface area (Å²) in [7, 11) is 2.50. The van der Waals surface area contributed by atoms with Gasteiger partial charge in [0.15, 0.2) is 0 Å². The van der Waals surface area contributed by atoms with Crippen molar-refractivity contribution in [2.24, 2.45) is 5.73 Å². The Morgan fingerprint density at radius 2 is 1.65 bits per heavy atom. The van der Waals surface area contributed by atoms with Gasteiger partial charge in [-0.05, 0) is 18.5 Å². The molecule has 9 heteroatoms. The van der Waals surface area contributed by atoms with Crippen LogP contribution in [0.3, 0.4) is 0 Å². The van der Waals surface area contributed by atoms with Crippen molar-refractivity contribution in [1.29, 1.82) is 0 Å². The molecule has 4 N–H and O–H groups in total. The van der Waals surface area contributed by atoms with Crippen LogP contribution in [0.5, 0.6) is 0 Å². The SMILES string of the molecule is CO[Si](CCCN(CCN)Cc1ccccc1)(OC)OC.O=C(O)CO. The second-order valence-corrected chi connectivity index (χ2v) is 8.59. The number of hydrogen-bond donors (Lipinski definition) is 3. The van der Waals surface area contributed by atoms with Crippen LogP contribution in [0.15, 0.2) is 30.3 Å². The average molecular weight is 389 g/mol. The summed E-state index contributed by atoms with van der Waals surface area (Å²) < 4.78 is 16.3. The molecule has 0 atom stereocenters. The van der Waals surface area contributed by atoms with Crippen molar-refractivity contribution < 1.29 is 28.3 Å². The number of nitrogens with two attached hydrogens (primary N) is 1. The van der Waals surface area contributed by atoms with Crippen LogP contribution in [0.1, 0.15) is 12.0 Å². The summed E-state index contributed by atoms with van der Waals surface area (Å²) in [6.07, 6.45) is 0.967. The molecule has 0 unspecified atom stereocenters. The molecule has 0 heterocycles. The fourth-order valence-electron chi connectivity index (χ4n) is 2.37. The summed E-state index contributed by atoms with van der Waals surface area (Å²) in [6, 6.07) is 11.3. The zero-order valence-corrected chi connectivity index (χ0v) is 16.9. The van der Waals surface area contributed by atoms with Gasteiger partial charge in [0.25, 0.3) is 0 Å². The van der Waals surface area contributed by atoms with Crippen LogP contribution in [0.25, 0.3) is 0 Å². The van der Waals surface area contributed by atoms with Crippen molar-refractivity contribution in [2.75, 3.05) is 47.6 Å². The maximum Gasteiger partial charge on any atom is 0.500 e. The average Bonchev–Trinajstić information content (AvgIpc) is 2.67. The Hall–Kier alpha value is -1.33. The predicted molar refractivity (Wildman–Crippen MR) is 102 cm³/mol. The molecule has 1 rings (SSSR count). The summed E-state index contributed by atoms with van der Waals surface area (Å²) in [4.78, 5) is 11.5. The molecule has 0 spiro atoms. The highest BCUT2D eigenvalue weighted by atomic mass is 28.4. The molecule has 0 saturated heterocycles. The molecule has 8 nitrogen and oxygen atoms in total. The number of benzene rings is 1. The summed E-state index contributed by atoms with van der Waals surface area (Å²) in [5.41, 5.74) is 7.02. The second kappa shape index (κ2) is 14.8. The van der Waals surface area contributed by atoms with Gasteiger partial charge in [0.05, 0.1) is 0 Å². The topological polar surface area (TPSA) is 114 Å². The number of aliphatic carboxylic acids is 1. The van der Waals surface area contributed by atoms with E-state index in [1.807, 2.05) is 6.07 Å². The Bertz CT molecular complexity index is 465. The van der Waals surface area contributed by atoms with Crippen LogP contribution >= 0.6 is 0 Å². The Balaban J connectivity index is 0.00000110. The normalized spacial score (nSPS) is 11.2. The van der Waals surface area contributed by atoms with Crippen LogP contribution in [-0.2, 0) is 24.6 Å². The second-order valence-electron chi connectivity index (χ2n) is 5.50. The lowest BCUT2D eigenvalue weighted by Crippen LogP contribution is -2.43. The first kappa shape index (κ1) is 24.7. The smallest absolute Gasteiger partial charge is 0.480 e. The van der Waals surface area contributed by atoms with Gasteiger partial charge < -0.3 is 29.2 Å². The summed E-state index contributed by atoms with van der Waals surface area (Å²) in [6.45, 7) is 2.64. The van der Waals surface area contributed by atoms with Crippen LogP contribution < -0.4 is 5.73 Å². The lowest BCUT2D eigenvalue weighted by atomic mass is 10.2. The van der Waals surface area contributed by atoms with Gasteiger partial charge in [-0.3, -0.25) is 4.90 Å². The fourth-order valence-corrected chi connectivity index (χ4v) is 4.07. The van der Waals surface area contributed by atoms with E-state index in [9.17, 15) is 0 Å². The van der Waals surface area contributed by atoms with Crippen molar-refractivity contribution in [2.45, 2.75) is 19.0 Å². The number of hydrogen-bond acceptors (Lipinski definition) is 7. The summed E-state index contributed by atoms with van der Waals surface area (Å²) in [5, 5.41) is 15.0. The zero-order valence-electron chi connectivity index (χ0n) is 15.9. The number of carbonyl (C=O) groups is 1. The van der Waals surface area contributed by atoms with Gasteiger partial charge >= 0.3 is 14.8 Å². The molecule has 0 saturated carbocycles. The Morgan fingerprint density at radius 3 is 2.08 bits per heavy atom. The fraction of sp³-hybridized carbons (Fsp3) is 0.588. The van der Waals surface area contributed by atoms with Gasteiger partial charge in [-0.15, -0.1) is 0 Å². The van der Waals surface area contributed by atoms with Gasteiger partial charge in [0.1, 0.15) is 6.61 Å². The number of nitrogens with zero attached hydrogens (tertiary/aromatic N) is 1. The van der Waals surface area contributed by atoms with E-state index in [0.717, 1.165) is 32.1 Å². The molecule has 26 heavy (non-hydrogen) atoms. The third kappa shape index (κ3) is 10.6. The molecule has 0 aliphatic rings. The minimum Gasteiger partial charge on any atom is -0.480 e. The maximum absolute atomic E-state index is 9.12. The van der Waals surface area contributed by atoms with E-state index in [2.05, 4.69) is 29.2 Å². The molecule has 0 bridgehead atoms. The minimum absolute atomic E-state index is 0.661. The van der Waals surface area contributed by atoms with E-state index in [1.165, 1.54) is 5.56 Å². The number of carboxylic acid groups (broad SMARTS) is 1. The van der Waals surface area contributed by atoms with Crippen LogP contribution in [0, 0.1) is 0 Å². The van der Waals surface area contributed by atoms with E-state index >= 15 is 0 Å². The third-order valence-corrected chi connectivity index (χ3v) is 6.55. The van der Waals surface area contributed by atoms with Gasteiger partial charge in [-0.25, -0.2) is 4.79 Å². The highest BCUT2D eigenvalue weighted by Gasteiger charge is 2.36. The highest BCUT2D eigenvalue weighted by Crippen LogP contribution is 2.16. The molecule has 0 radical (unpaired) electrons. The summed E-state index contributed by atoms with van der Waals surface area (Å²) >= 11 is 0. The maximum atomic E-state index is 9.12. The van der Waals surface area contributed by atoms with Crippen molar-refractivity contribution in [1.82, 2.24) is 4.90 Å². The first-order chi connectivity index (χ1) is 12.5. The van der Waals surface area contributed by atoms with Crippen LogP contribution in [0.2, 0.25) is 6.04 Å². The summed E-state index contributed by atoms with van der Waals surface area (Å²) in [5.74, 6) is -1.19. The highest BCUT2D eigenvalue weighted by molar-refractivity contribution is 6.60. The monoisotopic (exact) mass is 388 g/mol. The predicted octanol–water partition coefficient (Wildman–Crippen LogP) is 0.779. The van der Waals surface area contributed by atoms with Crippen molar-refractivity contribution in [3.05, 3.63) is 35.9 Å². The molecule has 0 amide bonds. The van der Waals surface area contributed by atoms with Crippen LogP contribution in [0.4, 0.5) is 0 Å². The van der Waals surface area contributed by atoms with Crippen molar-refractivity contribution in [3.63, 3.8) is 0 Å². The van der Waals surface area contributed by atoms with E-state index in [0.29, 0.717) is 6.54 Å². The molecular formula is C17H32N2O6Si. The molecule has 1 aromatic carbocycles.